The Morgan fingerprint density at radius 3 is 3.00 bits per heavy atom. The van der Waals surface area contributed by atoms with Crippen LogP contribution in [0, 0.1) is 0 Å². The number of hydrogen-bond acceptors (Lipinski definition) is 2. The molecular weight excluding hydrogens is 188 g/mol. The van der Waals surface area contributed by atoms with Crippen molar-refractivity contribution in [3.05, 3.63) is 30.0 Å². The molecule has 0 atom stereocenters. The minimum atomic E-state index is 0.446. The third-order valence-corrected chi connectivity index (χ3v) is 3.03. The predicted octanol–water partition coefficient (Wildman–Crippen LogP) is 2.17. The van der Waals surface area contributed by atoms with Crippen molar-refractivity contribution in [1.82, 2.24) is 9.78 Å². The Kier molecular flexibility index (Phi) is 1.99. The van der Waals surface area contributed by atoms with Crippen molar-refractivity contribution in [2.45, 2.75) is 19.4 Å². The third kappa shape index (κ3) is 1.35. The van der Waals surface area contributed by atoms with Gasteiger partial charge in [0.15, 0.2) is 0 Å². The molecule has 0 bridgehead atoms. The summed E-state index contributed by atoms with van der Waals surface area (Å²) in [5, 5.41) is 5.86. The molecule has 1 aliphatic rings. The van der Waals surface area contributed by atoms with E-state index in [-0.39, 0.29) is 0 Å². The maximum absolute atomic E-state index is 5.18. The van der Waals surface area contributed by atoms with Crippen LogP contribution in [0.4, 0.5) is 0 Å². The molecule has 15 heavy (non-hydrogen) atoms. The van der Waals surface area contributed by atoms with Gasteiger partial charge in [0.2, 0.25) is 0 Å². The Morgan fingerprint density at radius 1 is 1.47 bits per heavy atom. The molecule has 1 aliphatic heterocycles. The minimum Gasteiger partial charge on any atom is -0.377 e. The average molecular weight is 202 g/mol. The molecule has 0 N–H and O–H groups in total. The Morgan fingerprint density at radius 2 is 2.33 bits per heavy atom. The highest BCUT2D eigenvalue weighted by Crippen LogP contribution is 2.23. The first-order valence-electron chi connectivity index (χ1n) is 5.43. The van der Waals surface area contributed by atoms with Gasteiger partial charge in [-0.3, -0.25) is 4.68 Å². The SMILES string of the molecule is CCc1cccc2nn(C3COC3)cc12. The number of fused-ring (bicyclic) bond motifs is 1. The van der Waals surface area contributed by atoms with Crippen molar-refractivity contribution < 1.29 is 4.74 Å². The molecule has 3 rings (SSSR count). The van der Waals surface area contributed by atoms with Crippen LogP contribution in [-0.4, -0.2) is 23.0 Å². The number of aryl methyl sites for hydroxylation is 1. The lowest BCUT2D eigenvalue weighted by atomic mass is 10.1. The summed E-state index contributed by atoms with van der Waals surface area (Å²) in [6.45, 7) is 3.78. The van der Waals surface area contributed by atoms with E-state index in [4.69, 9.17) is 4.74 Å². The van der Waals surface area contributed by atoms with Gasteiger partial charge in [-0.15, -0.1) is 0 Å². The zero-order valence-electron chi connectivity index (χ0n) is 8.81. The topological polar surface area (TPSA) is 27.1 Å². The molecule has 0 unspecified atom stereocenters. The van der Waals surface area contributed by atoms with Crippen molar-refractivity contribution in [2.75, 3.05) is 13.2 Å². The van der Waals surface area contributed by atoms with Gasteiger partial charge >= 0.3 is 0 Å². The fraction of sp³-hybridized carbons (Fsp3) is 0.417. The first kappa shape index (κ1) is 8.92. The summed E-state index contributed by atoms with van der Waals surface area (Å²) >= 11 is 0. The quantitative estimate of drug-likeness (QED) is 0.746. The molecule has 1 saturated heterocycles. The zero-order valence-corrected chi connectivity index (χ0v) is 8.81. The summed E-state index contributed by atoms with van der Waals surface area (Å²) in [5.41, 5.74) is 2.47. The van der Waals surface area contributed by atoms with Crippen LogP contribution in [0.3, 0.4) is 0 Å². The third-order valence-electron chi connectivity index (χ3n) is 3.03. The van der Waals surface area contributed by atoms with E-state index in [1.807, 2.05) is 4.68 Å². The molecule has 3 heteroatoms. The van der Waals surface area contributed by atoms with Gasteiger partial charge in [0.05, 0.1) is 24.8 Å². The van der Waals surface area contributed by atoms with Gasteiger partial charge in [-0.05, 0) is 18.1 Å². The van der Waals surface area contributed by atoms with Crippen molar-refractivity contribution in [1.29, 1.82) is 0 Å². The average Bonchev–Trinajstić information content (AvgIpc) is 2.57. The fourth-order valence-corrected chi connectivity index (χ4v) is 1.99. The zero-order chi connectivity index (χ0) is 10.3. The lowest BCUT2D eigenvalue weighted by Gasteiger charge is -2.25. The van der Waals surface area contributed by atoms with Crippen LogP contribution < -0.4 is 0 Å². The Labute approximate surface area is 88.7 Å². The summed E-state index contributed by atoms with van der Waals surface area (Å²) in [6.07, 6.45) is 3.21. The first-order chi connectivity index (χ1) is 7.38. The van der Waals surface area contributed by atoms with Crippen molar-refractivity contribution >= 4 is 10.9 Å². The number of rotatable bonds is 2. The van der Waals surface area contributed by atoms with Crippen LogP contribution >= 0.6 is 0 Å². The van der Waals surface area contributed by atoms with Gasteiger partial charge in [-0.2, -0.15) is 5.10 Å². The maximum atomic E-state index is 5.18. The van der Waals surface area contributed by atoms with Crippen LogP contribution in [0.1, 0.15) is 18.5 Å². The number of benzene rings is 1. The van der Waals surface area contributed by atoms with Crippen LogP contribution in [0.15, 0.2) is 24.4 Å². The molecule has 3 nitrogen and oxygen atoms in total. The van der Waals surface area contributed by atoms with E-state index in [2.05, 4.69) is 36.4 Å². The number of hydrogen-bond donors (Lipinski definition) is 0. The van der Waals surface area contributed by atoms with E-state index in [0.29, 0.717) is 6.04 Å². The smallest absolute Gasteiger partial charge is 0.0985 e. The second-order valence-corrected chi connectivity index (χ2v) is 4.00. The fourth-order valence-electron chi connectivity index (χ4n) is 1.99. The summed E-state index contributed by atoms with van der Waals surface area (Å²) < 4.78 is 7.23. The number of nitrogens with zero attached hydrogens (tertiary/aromatic N) is 2. The highest BCUT2D eigenvalue weighted by atomic mass is 16.5. The van der Waals surface area contributed by atoms with Gasteiger partial charge in [0.25, 0.3) is 0 Å². The molecule has 0 amide bonds. The van der Waals surface area contributed by atoms with Crippen LogP contribution in [0.2, 0.25) is 0 Å². The molecule has 78 valence electrons. The molecule has 1 aromatic heterocycles. The maximum Gasteiger partial charge on any atom is 0.0985 e. The number of aromatic nitrogens is 2. The van der Waals surface area contributed by atoms with E-state index in [1.54, 1.807) is 0 Å². The standard InChI is InChI=1S/C12H14N2O/c1-2-9-4-3-5-12-11(9)6-14(13-12)10-7-15-8-10/h3-6,10H,2,7-8H2,1H3. The molecule has 0 saturated carbocycles. The molecule has 2 heterocycles. The lowest BCUT2D eigenvalue weighted by Crippen LogP contribution is -2.30. The number of ether oxygens (including phenoxy) is 1. The van der Waals surface area contributed by atoms with Gasteiger partial charge < -0.3 is 4.74 Å². The molecule has 1 fully saturated rings. The van der Waals surface area contributed by atoms with Gasteiger partial charge in [-0.1, -0.05) is 19.1 Å². The van der Waals surface area contributed by atoms with Crippen LogP contribution in [0.25, 0.3) is 10.9 Å². The van der Waals surface area contributed by atoms with Crippen molar-refractivity contribution in [2.24, 2.45) is 0 Å². The van der Waals surface area contributed by atoms with E-state index in [1.165, 1.54) is 10.9 Å². The van der Waals surface area contributed by atoms with Crippen molar-refractivity contribution in [3.8, 4) is 0 Å². The predicted molar refractivity (Wildman–Crippen MR) is 59.0 cm³/mol. The molecule has 0 spiro atoms. The molecule has 0 radical (unpaired) electrons. The van der Waals surface area contributed by atoms with Gasteiger partial charge in [0.1, 0.15) is 0 Å². The lowest BCUT2D eigenvalue weighted by molar-refractivity contribution is -0.0283. The second-order valence-electron chi connectivity index (χ2n) is 4.00. The Bertz CT molecular complexity index is 485. The molecular formula is C12H14N2O. The first-order valence-corrected chi connectivity index (χ1v) is 5.43. The normalized spacial score (nSPS) is 16.9. The minimum absolute atomic E-state index is 0.446. The van der Waals surface area contributed by atoms with E-state index in [9.17, 15) is 0 Å². The Balaban J connectivity index is 2.12. The van der Waals surface area contributed by atoms with Gasteiger partial charge in [0, 0.05) is 11.6 Å². The molecule has 1 aromatic carbocycles. The van der Waals surface area contributed by atoms with Crippen molar-refractivity contribution in [3.63, 3.8) is 0 Å². The summed E-state index contributed by atoms with van der Waals surface area (Å²) in [6, 6.07) is 6.77. The second kappa shape index (κ2) is 3.35. The largest absolute Gasteiger partial charge is 0.377 e. The highest BCUT2D eigenvalue weighted by Gasteiger charge is 2.21. The monoisotopic (exact) mass is 202 g/mol. The van der Waals surface area contributed by atoms with E-state index >= 15 is 0 Å². The molecule has 0 aliphatic carbocycles. The van der Waals surface area contributed by atoms with E-state index < -0.39 is 0 Å². The summed E-state index contributed by atoms with van der Waals surface area (Å²) in [5.74, 6) is 0. The van der Waals surface area contributed by atoms with Crippen LogP contribution in [0.5, 0.6) is 0 Å². The highest BCUT2D eigenvalue weighted by molar-refractivity contribution is 5.81. The van der Waals surface area contributed by atoms with Crippen LogP contribution in [-0.2, 0) is 11.2 Å². The Hall–Kier alpha value is -1.35. The summed E-state index contributed by atoms with van der Waals surface area (Å²) in [4.78, 5) is 0. The van der Waals surface area contributed by atoms with E-state index in [0.717, 1.165) is 25.2 Å². The van der Waals surface area contributed by atoms with Gasteiger partial charge in [-0.25, -0.2) is 0 Å². The summed E-state index contributed by atoms with van der Waals surface area (Å²) in [7, 11) is 0. The molecule has 2 aromatic rings.